The highest BCUT2D eigenvalue weighted by atomic mass is 35.5. The van der Waals surface area contributed by atoms with Crippen molar-refractivity contribution in [2.75, 3.05) is 6.54 Å². The van der Waals surface area contributed by atoms with E-state index in [0.29, 0.717) is 16.1 Å². The van der Waals surface area contributed by atoms with Crippen LogP contribution >= 0.6 is 11.6 Å². The van der Waals surface area contributed by atoms with Gasteiger partial charge in [-0.2, -0.15) is 5.10 Å². The third kappa shape index (κ3) is 5.70. The molecule has 2 N–H and O–H groups in total. The second-order valence-corrected chi connectivity index (χ2v) is 5.27. The fourth-order valence-electron chi connectivity index (χ4n) is 1.83. The first-order chi connectivity index (χ1) is 12.0. The van der Waals surface area contributed by atoms with E-state index in [9.17, 15) is 19.7 Å². The summed E-state index contributed by atoms with van der Waals surface area (Å²) in [6.07, 6.45) is 1.27. The second kappa shape index (κ2) is 8.55. The SMILES string of the molecule is O=C(CNC(=O)c1cccc(Cl)c1)NN=Cc1cccc([N+](=O)[O-])c1. The maximum atomic E-state index is 11.8. The summed E-state index contributed by atoms with van der Waals surface area (Å²) in [4.78, 5) is 33.6. The number of halogens is 1. The lowest BCUT2D eigenvalue weighted by Gasteiger charge is -2.04. The van der Waals surface area contributed by atoms with Gasteiger partial charge in [0.15, 0.2) is 0 Å². The molecule has 0 fully saturated rings. The van der Waals surface area contributed by atoms with Crippen molar-refractivity contribution in [1.82, 2.24) is 10.7 Å². The predicted molar refractivity (Wildman–Crippen MR) is 92.6 cm³/mol. The van der Waals surface area contributed by atoms with Crippen LogP contribution in [0.3, 0.4) is 0 Å². The maximum absolute atomic E-state index is 11.8. The molecule has 25 heavy (non-hydrogen) atoms. The number of hydrazone groups is 1. The number of amides is 2. The van der Waals surface area contributed by atoms with Gasteiger partial charge in [-0.1, -0.05) is 29.8 Å². The Bertz CT molecular complexity index is 838. The van der Waals surface area contributed by atoms with E-state index in [1.54, 1.807) is 24.3 Å². The second-order valence-electron chi connectivity index (χ2n) is 4.84. The largest absolute Gasteiger partial charge is 0.343 e. The molecule has 0 aliphatic carbocycles. The minimum absolute atomic E-state index is 0.0796. The number of nitrogens with zero attached hydrogens (tertiary/aromatic N) is 2. The summed E-state index contributed by atoms with van der Waals surface area (Å²) in [5, 5.41) is 17.2. The molecule has 2 aromatic rings. The van der Waals surface area contributed by atoms with Crippen LogP contribution in [-0.4, -0.2) is 29.5 Å². The number of carbonyl (C=O) groups is 2. The molecular weight excluding hydrogens is 348 g/mol. The zero-order valence-electron chi connectivity index (χ0n) is 12.8. The summed E-state index contributed by atoms with van der Waals surface area (Å²) in [5.74, 6) is -0.989. The van der Waals surface area contributed by atoms with Gasteiger partial charge >= 0.3 is 0 Å². The molecule has 0 saturated heterocycles. The highest BCUT2D eigenvalue weighted by molar-refractivity contribution is 6.30. The molecule has 9 heteroatoms. The van der Waals surface area contributed by atoms with Crippen LogP contribution < -0.4 is 10.7 Å². The van der Waals surface area contributed by atoms with Crippen molar-refractivity contribution >= 4 is 35.3 Å². The fourth-order valence-corrected chi connectivity index (χ4v) is 2.02. The number of rotatable bonds is 6. The lowest BCUT2D eigenvalue weighted by Crippen LogP contribution is -2.34. The molecule has 0 heterocycles. The van der Waals surface area contributed by atoms with Crippen LogP contribution in [-0.2, 0) is 4.79 Å². The average Bonchev–Trinajstić information content (AvgIpc) is 2.60. The number of benzene rings is 2. The Morgan fingerprint density at radius 3 is 2.68 bits per heavy atom. The third-order valence-electron chi connectivity index (χ3n) is 2.98. The number of non-ortho nitro benzene ring substituents is 1. The number of nitro groups is 1. The van der Waals surface area contributed by atoms with E-state index in [1.807, 2.05) is 0 Å². The van der Waals surface area contributed by atoms with Gasteiger partial charge in [-0.25, -0.2) is 5.43 Å². The minimum Gasteiger partial charge on any atom is -0.343 e. The molecule has 128 valence electrons. The Kier molecular flexibility index (Phi) is 6.19. The molecule has 0 saturated carbocycles. The molecule has 2 rings (SSSR count). The lowest BCUT2D eigenvalue weighted by molar-refractivity contribution is -0.384. The molecule has 0 spiro atoms. The zero-order chi connectivity index (χ0) is 18.2. The van der Waals surface area contributed by atoms with E-state index in [2.05, 4.69) is 15.8 Å². The fraction of sp³-hybridized carbons (Fsp3) is 0.0625. The Hall–Kier alpha value is -3.26. The van der Waals surface area contributed by atoms with Crippen molar-refractivity contribution in [3.63, 3.8) is 0 Å². The van der Waals surface area contributed by atoms with Gasteiger partial charge in [0.05, 0.1) is 17.7 Å². The Morgan fingerprint density at radius 1 is 1.20 bits per heavy atom. The van der Waals surface area contributed by atoms with E-state index >= 15 is 0 Å². The van der Waals surface area contributed by atoms with Crippen molar-refractivity contribution in [3.8, 4) is 0 Å². The molecule has 8 nitrogen and oxygen atoms in total. The summed E-state index contributed by atoms with van der Waals surface area (Å²) in [7, 11) is 0. The molecule has 0 radical (unpaired) electrons. The molecule has 2 aromatic carbocycles. The van der Waals surface area contributed by atoms with Gasteiger partial charge in [0.1, 0.15) is 0 Å². The highest BCUT2D eigenvalue weighted by Crippen LogP contribution is 2.11. The Labute approximate surface area is 147 Å². The van der Waals surface area contributed by atoms with Gasteiger partial charge in [0, 0.05) is 28.3 Å². The first-order valence-corrected chi connectivity index (χ1v) is 7.43. The summed E-state index contributed by atoms with van der Waals surface area (Å²) in [6, 6.07) is 12.1. The van der Waals surface area contributed by atoms with E-state index in [1.165, 1.54) is 30.5 Å². The highest BCUT2D eigenvalue weighted by Gasteiger charge is 2.08. The quantitative estimate of drug-likeness (QED) is 0.466. The van der Waals surface area contributed by atoms with Crippen LogP contribution in [0.2, 0.25) is 5.02 Å². The Morgan fingerprint density at radius 2 is 1.96 bits per heavy atom. The number of nitrogens with one attached hydrogen (secondary N) is 2. The van der Waals surface area contributed by atoms with Crippen LogP contribution in [0, 0.1) is 10.1 Å². The molecule has 0 atom stereocenters. The van der Waals surface area contributed by atoms with Gasteiger partial charge in [-0.05, 0) is 18.2 Å². The molecule has 0 aliphatic heterocycles. The Balaban J connectivity index is 1.83. The van der Waals surface area contributed by atoms with Gasteiger partial charge in [0.25, 0.3) is 17.5 Å². The first kappa shape index (κ1) is 18.1. The van der Waals surface area contributed by atoms with E-state index in [4.69, 9.17) is 11.6 Å². The van der Waals surface area contributed by atoms with Crippen LogP contribution in [0.5, 0.6) is 0 Å². The van der Waals surface area contributed by atoms with Crippen LogP contribution in [0.25, 0.3) is 0 Å². The molecule has 0 bridgehead atoms. The van der Waals surface area contributed by atoms with Crippen molar-refractivity contribution < 1.29 is 14.5 Å². The molecule has 2 amide bonds. The van der Waals surface area contributed by atoms with Crippen molar-refractivity contribution in [2.24, 2.45) is 5.10 Å². The smallest absolute Gasteiger partial charge is 0.270 e. The van der Waals surface area contributed by atoms with Crippen LogP contribution in [0.4, 0.5) is 5.69 Å². The molecule has 0 aliphatic rings. The monoisotopic (exact) mass is 360 g/mol. The van der Waals surface area contributed by atoms with Gasteiger partial charge < -0.3 is 5.32 Å². The van der Waals surface area contributed by atoms with Crippen molar-refractivity contribution in [2.45, 2.75) is 0 Å². The summed E-state index contributed by atoms with van der Waals surface area (Å²) >= 11 is 5.79. The number of carbonyl (C=O) groups excluding carboxylic acids is 2. The summed E-state index contributed by atoms with van der Waals surface area (Å²) < 4.78 is 0. The first-order valence-electron chi connectivity index (χ1n) is 7.06. The summed E-state index contributed by atoms with van der Waals surface area (Å²) in [6.45, 7) is -0.280. The lowest BCUT2D eigenvalue weighted by atomic mass is 10.2. The van der Waals surface area contributed by atoms with Gasteiger partial charge in [-0.3, -0.25) is 19.7 Å². The van der Waals surface area contributed by atoms with Gasteiger partial charge in [0.2, 0.25) is 0 Å². The number of nitro benzene ring substituents is 1. The van der Waals surface area contributed by atoms with Gasteiger partial charge in [-0.15, -0.1) is 0 Å². The van der Waals surface area contributed by atoms with Crippen molar-refractivity contribution in [3.05, 3.63) is 74.8 Å². The maximum Gasteiger partial charge on any atom is 0.270 e. The summed E-state index contributed by atoms with van der Waals surface area (Å²) in [5.41, 5.74) is 2.93. The number of hydrogen-bond donors (Lipinski definition) is 2. The zero-order valence-corrected chi connectivity index (χ0v) is 13.6. The number of hydrogen-bond acceptors (Lipinski definition) is 5. The third-order valence-corrected chi connectivity index (χ3v) is 3.22. The predicted octanol–water partition coefficient (Wildman–Crippen LogP) is 2.13. The topological polar surface area (TPSA) is 114 Å². The van der Waals surface area contributed by atoms with E-state index < -0.39 is 16.7 Å². The van der Waals surface area contributed by atoms with Crippen LogP contribution in [0.1, 0.15) is 15.9 Å². The average molecular weight is 361 g/mol. The standard InChI is InChI=1S/C16H13ClN4O4/c17-13-5-2-4-12(8-13)16(23)18-10-15(22)20-19-9-11-3-1-6-14(7-11)21(24)25/h1-9H,10H2,(H,18,23)(H,20,22). The van der Waals surface area contributed by atoms with E-state index in [0.717, 1.165) is 0 Å². The molecular formula is C16H13ClN4O4. The molecule has 0 unspecified atom stereocenters. The van der Waals surface area contributed by atoms with E-state index in [-0.39, 0.29) is 12.2 Å². The minimum atomic E-state index is -0.544. The normalized spacial score (nSPS) is 10.4. The molecule has 0 aromatic heterocycles. The van der Waals surface area contributed by atoms with Crippen LogP contribution in [0.15, 0.2) is 53.6 Å². The van der Waals surface area contributed by atoms with Crippen molar-refractivity contribution in [1.29, 1.82) is 0 Å².